The van der Waals surface area contributed by atoms with Crippen LogP contribution in [0.15, 0.2) is 42.5 Å². The quantitative estimate of drug-likeness (QED) is 0.817. The number of hydrogen-bond acceptors (Lipinski definition) is 4. The molecular weight excluding hydrogens is 320 g/mol. The number of benzene rings is 2. The fourth-order valence-corrected chi connectivity index (χ4v) is 2.25. The maximum Gasteiger partial charge on any atom is 0.338 e. The van der Waals surface area contributed by atoms with Gasteiger partial charge in [-0.05, 0) is 48.9 Å². The van der Waals surface area contributed by atoms with E-state index in [4.69, 9.17) is 4.74 Å². The number of hydrogen-bond donors (Lipinski definition) is 2. The average molecular weight is 340 g/mol. The van der Waals surface area contributed by atoms with E-state index in [1.807, 2.05) is 0 Å². The molecule has 0 atom stereocenters. The highest BCUT2D eigenvalue weighted by molar-refractivity contribution is 6.06. The molecule has 6 heteroatoms. The summed E-state index contributed by atoms with van der Waals surface area (Å²) in [6.07, 6.45) is 0.387. The number of nitrogens with one attached hydrogen (secondary N) is 2. The second kappa shape index (κ2) is 8.10. The van der Waals surface area contributed by atoms with Crippen LogP contribution >= 0.6 is 0 Å². The molecule has 2 N–H and O–H groups in total. The van der Waals surface area contributed by atoms with Crippen LogP contribution in [0.1, 0.15) is 39.6 Å². The lowest BCUT2D eigenvalue weighted by Gasteiger charge is -2.12. The van der Waals surface area contributed by atoms with Gasteiger partial charge in [-0.3, -0.25) is 9.59 Å². The number of carbonyl (C=O) groups is 3. The Morgan fingerprint density at radius 1 is 1.00 bits per heavy atom. The molecule has 2 amide bonds. The van der Waals surface area contributed by atoms with Gasteiger partial charge in [0.2, 0.25) is 5.91 Å². The topological polar surface area (TPSA) is 84.5 Å². The minimum absolute atomic E-state index is 0.0903. The van der Waals surface area contributed by atoms with Crippen LogP contribution < -0.4 is 10.6 Å². The van der Waals surface area contributed by atoms with E-state index in [0.29, 0.717) is 34.5 Å². The van der Waals surface area contributed by atoms with Crippen LogP contribution in [0.2, 0.25) is 0 Å². The highest BCUT2D eigenvalue weighted by Crippen LogP contribution is 2.21. The molecule has 2 aromatic rings. The molecule has 2 rings (SSSR count). The molecule has 6 nitrogen and oxygen atoms in total. The monoisotopic (exact) mass is 340 g/mol. The SMILES string of the molecule is CCC(=O)Nc1ccc(C(=O)Nc2cccc(C(=O)OC)c2C)cc1. The third-order valence-corrected chi connectivity index (χ3v) is 3.74. The molecule has 0 unspecified atom stereocenters. The molecule has 0 aliphatic rings. The first kappa shape index (κ1) is 18.2. The minimum atomic E-state index is -0.454. The smallest absolute Gasteiger partial charge is 0.338 e. The molecule has 130 valence electrons. The number of carbonyl (C=O) groups excluding carboxylic acids is 3. The lowest BCUT2D eigenvalue weighted by atomic mass is 10.1. The molecule has 25 heavy (non-hydrogen) atoms. The normalized spacial score (nSPS) is 10.0. The maximum atomic E-state index is 12.4. The Morgan fingerprint density at radius 2 is 1.68 bits per heavy atom. The first-order valence-electron chi connectivity index (χ1n) is 7.85. The number of rotatable bonds is 5. The summed E-state index contributed by atoms with van der Waals surface area (Å²) < 4.78 is 4.73. The molecule has 0 fully saturated rings. The molecule has 0 aromatic heterocycles. The molecule has 0 saturated carbocycles. The van der Waals surface area contributed by atoms with Crippen LogP contribution in [-0.4, -0.2) is 24.9 Å². The number of ether oxygens (including phenoxy) is 1. The summed E-state index contributed by atoms with van der Waals surface area (Å²) in [5, 5.41) is 5.50. The van der Waals surface area contributed by atoms with Crippen molar-refractivity contribution >= 4 is 29.2 Å². The Labute approximate surface area is 146 Å². The van der Waals surface area contributed by atoms with E-state index >= 15 is 0 Å². The van der Waals surface area contributed by atoms with Crippen LogP contribution in [0.3, 0.4) is 0 Å². The van der Waals surface area contributed by atoms with Crippen molar-refractivity contribution in [3.8, 4) is 0 Å². The van der Waals surface area contributed by atoms with E-state index in [1.54, 1.807) is 56.3 Å². The van der Waals surface area contributed by atoms with Gasteiger partial charge >= 0.3 is 5.97 Å². The molecule has 0 heterocycles. The van der Waals surface area contributed by atoms with Gasteiger partial charge in [-0.15, -0.1) is 0 Å². The van der Waals surface area contributed by atoms with E-state index < -0.39 is 5.97 Å². The zero-order valence-corrected chi connectivity index (χ0v) is 14.4. The van der Waals surface area contributed by atoms with Crippen molar-refractivity contribution in [1.82, 2.24) is 0 Å². The predicted octanol–water partition coefficient (Wildman–Crippen LogP) is 3.38. The van der Waals surface area contributed by atoms with Gasteiger partial charge < -0.3 is 15.4 Å². The zero-order valence-electron chi connectivity index (χ0n) is 14.4. The lowest BCUT2D eigenvalue weighted by Crippen LogP contribution is -2.15. The second-order valence-corrected chi connectivity index (χ2v) is 5.40. The summed E-state index contributed by atoms with van der Waals surface area (Å²) in [5.41, 5.74) is 2.65. The van der Waals surface area contributed by atoms with Gasteiger partial charge in [0.25, 0.3) is 5.91 Å². The Kier molecular flexibility index (Phi) is 5.89. The first-order valence-corrected chi connectivity index (χ1v) is 7.85. The van der Waals surface area contributed by atoms with Gasteiger partial charge in [0, 0.05) is 23.4 Å². The Bertz CT molecular complexity index is 798. The van der Waals surface area contributed by atoms with E-state index in [-0.39, 0.29) is 11.8 Å². The van der Waals surface area contributed by atoms with E-state index in [2.05, 4.69) is 10.6 Å². The van der Waals surface area contributed by atoms with Gasteiger partial charge in [0.05, 0.1) is 12.7 Å². The summed E-state index contributed by atoms with van der Waals surface area (Å²) in [5.74, 6) is -0.851. The predicted molar refractivity (Wildman–Crippen MR) is 95.8 cm³/mol. The summed E-state index contributed by atoms with van der Waals surface area (Å²) in [4.78, 5) is 35.5. The van der Waals surface area contributed by atoms with Crippen LogP contribution in [0.4, 0.5) is 11.4 Å². The van der Waals surface area contributed by atoms with Crippen LogP contribution in [-0.2, 0) is 9.53 Å². The number of methoxy groups -OCH3 is 1. The fourth-order valence-electron chi connectivity index (χ4n) is 2.25. The lowest BCUT2D eigenvalue weighted by molar-refractivity contribution is -0.115. The molecule has 2 aromatic carbocycles. The second-order valence-electron chi connectivity index (χ2n) is 5.40. The van der Waals surface area contributed by atoms with Crippen molar-refractivity contribution in [3.05, 3.63) is 59.2 Å². The summed E-state index contributed by atoms with van der Waals surface area (Å²) in [7, 11) is 1.31. The van der Waals surface area contributed by atoms with Crippen molar-refractivity contribution in [2.45, 2.75) is 20.3 Å². The Hall–Kier alpha value is -3.15. The number of amides is 2. The molecule has 0 bridgehead atoms. The van der Waals surface area contributed by atoms with Crippen molar-refractivity contribution in [1.29, 1.82) is 0 Å². The van der Waals surface area contributed by atoms with Crippen molar-refractivity contribution in [2.75, 3.05) is 17.7 Å². The van der Waals surface area contributed by atoms with Crippen molar-refractivity contribution in [2.24, 2.45) is 0 Å². The summed E-state index contributed by atoms with van der Waals surface area (Å²) >= 11 is 0. The molecule has 0 aliphatic heterocycles. The fraction of sp³-hybridized carbons (Fsp3) is 0.211. The first-order chi connectivity index (χ1) is 12.0. The largest absolute Gasteiger partial charge is 0.465 e. The molecule has 0 saturated heterocycles. The van der Waals surface area contributed by atoms with Gasteiger partial charge in [-0.25, -0.2) is 4.79 Å². The average Bonchev–Trinajstić information content (AvgIpc) is 2.63. The van der Waals surface area contributed by atoms with E-state index in [9.17, 15) is 14.4 Å². The van der Waals surface area contributed by atoms with Gasteiger partial charge in [0.1, 0.15) is 0 Å². The zero-order chi connectivity index (χ0) is 18.4. The van der Waals surface area contributed by atoms with E-state index in [0.717, 1.165) is 0 Å². The highest BCUT2D eigenvalue weighted by atomic mass is 16.5. The molecule has 0 radical (unpaired) electrons. The van der Waals surface area contributed by atoms with E-state index in [1.165, 1.54) is 7.11 Å². The standard InChI is InChI=1S/C19H20N2O4/c1-4-17(22)20-14-10-8-13(9-11-14)18(23)21-16-7-5-6-15(12(16)2)19(24)25-3/h5-11H,4H2,1-3H3,(H,20,22)(H,21,23). The molecule has 0 aliphatic carbocycles. The number of anilines is 2. The number of esters is 1. The van der Waals surface area contributed by atoms with Crippen LogP contribution in [0.25, 0.3) is 0 Å². The van der Waals surface area contributed by atoms with Crippen LogP contribution in [0, 0.1) is 6.92 Å². The minimum Gasteiger partial charge on any atom is -0.465 e. The highest BCUT2D eigenvalue weighted by Gasteiger charge is 2.14. The summed E-state index contributed by atoms with van der Waals surface area (Å²) in [6.45, 7) is 3.51. The van der Waals surface area contributed by atoms with Gasteiger partial charge in [-0.2, -0.15) is 0 Å². The summed E-state index contributed by atoms with van der Waals surface area (Å²) in [6, 6.07) is 11.6. The third-order valence-electron chi connectivity index (χ3n) is 3.74. The van der Waals surface area contributed by atoms with Gasteiger partial charge in [0.15, 0.2) is 0 Å². The van der Waals surface area contributed by atoms with Crippen molar-refractivity contribution < 1.29 is 19.1 Å². The molecular formula is C19H20N2O4. The third kappa shape index (κ3) is 4.44. The van der Waals surface area contributed by atoms with Crippen molar-refractivity contribution in [3.63, 3.8) is 0 Å². The Morgan fingerprint density at radius 3 is 2.28 bits per heavy atom. The molecule has 0 spiro atoms. The maximum absolute atomic E-state index is 12.4. The van der Waals surface area contributed by atoms with Crippen LogP contribution in [0.5, 0.6) is 0 Å². The van der Waals surface area contributed by atoms with Gasteiger partial charge in [-0.1, -0.05) is 13.0 Å². The Balaban J connectivity index is 2.15.